The van der Waals surface area contributed by atoms with Crippen molar-refractivity contribution < 1.29 is 73.7 Å². The van der Waals surface area contributed by atoms with Gasteiger partial charge in [0.25, 0.3) is 0 Å². The van der Waals surface area contributed by atoms with Crippen molar-refractivity contribution >= 4 is 64.1 Å². The summed E-state index contributed by atoms with van der Waals surface area (Å²) >= 11 is 0. The van der Waals surface area contributed by atoms with Crippen molar-refractivity contribution in [3.8, 4) is 11.5 Å². The molecular formula is C51H66N14O15. The number of guanidine groups is 2. The van der Waals surface area contributed by atoms with Crippen LogP contribution in [0.15, 0.2) is 87.2 Å². The smallest absolute Gasteiger partial charge is 0.246 e. The normalized spacial score (nSPS) is 29.5. The monoisotopic (exact) mass is 1110 g/mol. The lowest BCUT2D eigenvalue weighted by atomic mass is 9.92. The van der Waals surface area contributed by atoms with E-state index < -0.39 is 159 Å². The molecule has 8 rings (SSSR count). The average molecular weight is 1120 g/mol. The number of aliphatic imine (C=N–C) groups is 2. The van der Waals surface area contributed by atoms with E-state index in [1.54, 1.807) is 55.5 Å². The Kier molecular flexibility index (Phi) is 18.1. The van der Waals surface area contributed by atoms with Crippen LogP contribution < -0.4 is 53.6 Å². The van der Waals surface area contributed by atoms with Gasteiger partial charge in [0.2, 0.25) is 41.3 Å². The number of fused-ring (bicyclic) bond motifs is 1. The molecule has 0 radical (unpaired) electrons. The molecule has 0 saturated carbocycles. The standard InChI is InChI=1S/C51H66N14O15/c1-22(24-7-5-4-6-8-24)35-45(76)57-28(15-23-9-14-27-32(16-23)79-48(59-27)25-10-12-26(13-11-25)64(2)3)44(75)62-36(38(69)29-17-55-50(52)60-29)47(78)63-37(46(77)58-30(20-66)43(74)54-19-34(68)61-35)39(70)31-18-56-51(53)65(31)49-42(73)41(72)40(71)33(21-67)80-49/h4-14,16,22,28-31,33,35-42,49,66-67,69-73H,15,17-21H2,1-3H3,(H2,53,56)(H,54,74)(H,57,76)(H,58,77)(H,61,68)(H,62,75)(H,63,78)(H3,52,55,60)/t22-,28+,29-,30-,31-,33+,35-,36-,37+,38+,39-,40+,41-,42-,49-/m0/s1. The Labute approximate surface area is 456 Å². The fraction of sp³-hybridized carbons (Fsp3) is 0.471. The first-order valence-corrected chi connectivity index (χ1v) is 25.6. The number of nitrogens with zero attached hydrogens (tertiary/aromatic N) is 5. The molecule has 0 spiro atoms. The van der Waals surface area contributed by atoms with E-state index in [1.807, 2.05) is 43.3 Å². The second-order valence-corrected chi connectivity index (χ2v) is 20.1. The van der Waals surface area contributed by atoms with Gasteiger partial charge in [0.15, 0.2) is 23.7 Å². The second-order valence-electron chi connectivity index (χ2n) is 20.1. The first kappa shape index (κ1) is 58.1. The van der Waals surface area contributed by atoms with E-state index >= 15 is 4.79 Å². The Balaban J connectivity index is 1.18. The van der Waals surface area contributed by atoms with E-state index in [9.17, 15) is 59.7 Å². The van der Waals surface area contributed by atoms with Crippen LogP contribution in [0.5, 0.6) is 0 Å². The van der Waals surface area contributed by atoms with Crippen LogP contribution in [0.4, 0.5) is 5.69 Å². The number of anilines is 1. The van der Waals surface area contributed by atoms with Gasteiger partial charge in [0.1, 0.15) is 72.3 Å². The number of rotatable bonds is 13. The van der Waals surface area contributed by atoms with Gasteiger partial charge < -0.3 is 103 Å². The van der Waals surface area contributed by atoms with Gasteiger partial charge in [-0.2, -0.15) is 0 Å². The summed E-state index contributed by atoms with van der Waals surface area (Å²) in [7, 11) is 3.80. The van der Waals surface area contributed by atoms with E-state index in [2.05, 4.69) is 52.2 Å². The summed E-state index contributed by atoms with van der Waals surface area (Å²) in [6, 6.07) is 8.74. The molecule has 0 bridgehead atoms. The molecule has 29 nitrogen and oxygen atoms in total. The molecule has 2 fully saturated rings. The van der Waals surface area contributed by atoms with E-state index in [1.165, 1.54) is 0 Å². The number of carbonyl (C=O) groups is 6. The molecule has 4 aliphatic rings. The lowest BCUT2D eigenvalue weighted by molar-refractivity contribution is -0.260. The summed E-state index contributed by atoms with van der Waals surface area (Å²) in [6.45, 7) is -1.90. The number of hydrogen-bond donors (Lipinski definition) is 16. The van der Waals surface area contributed by atoms with Gasteiger partial charge >= 0.3 is 0 Å². The van der Waals surface area contributed by atoms with E-state index in [-0.39, 0.29) is 24.8 Å². The lowest BCUT2D eigenvalue weighted by Gasteiger charge is -2.46. The number of amides is 6. The zero-order valence-electron chi connectivity index (χ0n) is 43.6. The van der Waals surface area contributed by atoms with Gasteiger partial charge in [0.05, 0.1) is 44.9 Å². The van der Waals surface area contributed by atoms with Crippen molar-refractivity contribution in [3.05, 3.63) is 83.9 Å². The maximum Gasteiger partial charge on any atom is 0.246 e. The molecule has 4 aliphatic heterocycles. The number of aliphatic hydroxyl groups is 7. The molecular weight excluding hydrogens is 1050 g/mol. The van der Waals surface area contributed by atoms with E-state index in [0.29, 0.717) is 27.8 Å². The maximum absolute atomic E-state index is 15.1. The predicted octanol–water partition coefficient (Wildman–Crippen LogP) is -6.74. The van der Waals surface area contributed by atoms with E-state index in [0.717, 1.165) is 10.6 Å². The van der Waals surface area contributed by atoms with Crippen LogP contribution in [-0.4, -0.2) is 225 Å². The summed E-state index contributed by atoms with van der Waals surface area (Å²) in [6.07, 6.45) is -13.5. The molecule has 430 valence electrons. The fourth-order valence-corrected chi connectivity index (χ4v) is 9.83. The number of aromatic nitrogens is 1. The Morgan fingerprint density at radius 3 is 2.04 bits per heavy atom. The molecule has 4 aromatic rings. The van der Waals surface area contributed by atoms with Crippen LogP contribution in [0.3, 0.4) is 0 Å². The molecule has 15 atom stereocenters. The van der Waals surface area contributed by atoms with Crippen molar-refractivity contribution in [2.24, 2.45) is 21.5 Å². The topological polar surface area (TPSA) is 447 Å². The average Bonchev–Trinajstić information content (AvgIpc) is 4.20. The minimum absolute atomic E-state index is 0.142. The highest BCUT2D eigenvalue weighted by molar-refractivity contribution is 5.98. The number of ether oxygens (including phenoxy) is 1. The highest BCUT2D eigenvalue weighted by Crippen LogP contribution is 2.30. The van der Waals surface area contributed by atoms with Crippen LogP contribution in [0, 0.1) is 0 Å². The molecule has 0 unspecified atom stereocenters. The van der Waals surface area contributed by atoms with Gasteiger partial charge in [-0.15, -0.1) is 0 Å². The van der Waals surface area contributed by atoms with Crippen LogP contribution in [0.1, 0.15) is 24.0 Å². The van der Waals surface area contributed by atoms with Gasteiger partial charge in [-0.3, -0.25) is 38.8 Å². The number of hydrogen-bond acceptors (Lipinski definition) is 23. The highest BCUT2D eigenvalue weighted by atomic mass is 16.6. The molecule has 6 amide bonds. The number of benzene rings is 3. The molecule has 1 aromatic heterocycles. The summed E-state index contributed by atoms with van der Waals surface area (Å²) in [5, 5.41) is 94.4. The molecule has 0 aliphatic carbocycles. The van der Waals surface area contributed by atoms with Crippen LogP contribution in [0.25, 0.3) is 22.6 Å². The SMILES string of the molecule is C[C@@H](c1ccccc1)[C@@H]1NC(=O)CNC(=O)[C@H](CO)NC(=O)[C@@H]([C@@H](O)[C@@H]2CN=C(N)N2[C@H]2O[C@H](CO)[C@@H](O)[C@H](O)[C@@H]2O)NC(=O)[C@H]([C@H](O)[C@@H]2CN=C(N)N2)NC(=O)[C@@H](Cc2ccc3nc(-c4ccc(N(C)C)cc4)oc3c2)NC1=O. The maximum atomic E-state index is 15.1. The number of carbonyl (C=O) groups excluding carboxylic acids is 6. The third-order valence-electron chi connectivity index (χ3n) is 14.5. The zero-order chi connectivity index (χ0) is 57.7. The van der Waals surface area contributed by atoms with Gasteiger partial charge in [-0.05, 0) is 47.5 Å². The van der Waals surface area contributed by atoms with Crippen LogP contribution in [-0.2, 0) is 39.9 Å². The first-order valence-electron chi connectivity index (χ1n) is 25.6. The lowest BCUT2D eigenvalue weighted by Crippen LogP contribution is -2.70. The third kappa shape index (κ3) is 12.7. The fourth-order valence-electron chi connectivity index (χ4n) is 9.83. The first-order chi connectivity index (χ1) is 38.2. The van der Waals surface area contributed by atoms with Crippen molar-refractivity contribution in [2.45, 2.75) is 104 Å². The summed E-state index contributed by atoms with van der Waals surface area (Å²) in [5.74, 6) is -7.90. The molecule has 5 heterocycles. The third-order valence-corrected chi connectivity index (χ3v) is 14.5. The Bertz CT molecular complexity index is 2960. The molecule has 80 heavy (non-hydrogen) atoms. The summed E-state index contributed by atoms with van der Waals surface area (Å²) < 4.78 is 11.9. The molecule has 18 N–H and O–H groups in total. The minimum atomic E-state index is -2.27. The van der Waals surface area contributed by atoms with Crippen LogP contribution in [0.2, 0.25) is 0 Å². The van der Waals surface area contributed by atoms with Crippen molar-refractivity contribution in [2.75, 3.05) is 51.8 Å². The summed E-state index contributed by atoms with van der Waals surface area (Å²) in [5.41, 5.74) is 15.5. The Hall–Kier alpha value is -8.03. The number of aliphatic hydroxyl groups excluding tert-OH is 7. The zero-order valence-corrected chi connectivity index (χ0v) is 43.6. The van der Waals surface area contributed by atoms with Crippen molar-refractivity contribution in [1.82, 2.24) is 47.1 Å². The van der Waals surface area contributed by atoms with Crippen molar-refractivity contribution in [1.29, 1.82) is 0 Å². The quantitative estimate of drug-likeness (QED) is 0.0592. The molecule has 29 heteroatoms. The van der Waals surface area contributed by atoms with Gasteiger partial charge in [-0.1, -0.05) is 43.3 Å². The largest absolute Gasteiger partial charge is 0.436 e. The highest BCUT2D eigenvalue weighted by Gasteiger charge is 2.52. The van der Waals surface area contributed by atoms with Gasteiger partial charge in [-0.25, -0.2) is 4.98 Å². The van der Waals surface area contributed by atoms with Gasteiger partial charge in [0, 0.05) is 37.7 Å². The summed E-state index contributed by atoms with van der Waals surface area (Å²) in [4.78, 5) is 103. The second kappa shape index (κ2) is 25.0. The predicted molar refractivity (Wildman–Crippen MR) is 283 cm³/mol. The van der Waals surface area contributed by atoms with E-state index in [4.69, 9.17) is 20.6 Å². The minimum Gasteiger partial charge on any atom is -0.436 e. The van der Waals surface area contributed by atoms with Crippen LogP contribution >= 0.6 is 0 Å². The number of nitrogens with two attached hydrogens (primary N) is 2. The Morgan fingerprint density at radius 1 is 0.713 bits per heavy atom. The molecule has 3 aromatic carbocycles. The Morgan fingerprint density at radius 2 is 1.38 bits per heavy atom. The van der Waals surface area contributed by atoms with Crippen molar-refractivity contribution in [3.63, 3.8) is 0 Å². The number of oxazole rings is 1. The number of nitrogens with one attached hydrogen (secondary N) is 7. The molecule has 2 saturated heterocycles.